The minimum absolute atomic E-state index is 0.0286. The molecular weight excluding hydrogens is 312 g/mol. The topological polar surface area (TPSA) is 98.9 Å². The monoisotopic (exact) mass is 324 g/mol. The number of guanidine groups is 1. The molecule has 0 saturated carbocycles. The lowest BCUT2D eigenvalue weighted by Gasteiger charge is -1.97. The number of hydrogen-bond donors (Lipinski definition) is 2. The number of nitrogens with two attached hydrogens (primary N) is 1. The Morgan fingerprint density at radius 3 is 2.61 bits per heavy atom. The number of nitriles is 1. The van der Waals surface area contributed by atoms with Crippen molar-refractivity contribution < 1.29 is 0 Å². The van der Waals surface area contributed by atoms with Crippen molar-refractivity contribution in [2.24, 2.45) is 21.0 Å². The predicted octanol–water partition coefficient (Wildman–Crippen LogP) is 2.48. The van der Waals surface area contributed by atoms with Gasteiger partial charge in [-0.2, -0.15) is 15.5 Å². The molecule has 0 saturated heterocycles. The summed E-state index contributed by atoms with van der Waals surface area (Å²) in [4.78, 5) is 0. The van der Waals surface area contributed by atoms with Crippen molar-refractivity contribution in [1.82, 2.24) is 5.43 Å². The molecule has 0 bridgehead atoms. The maximum absolute atomic E-state index is 8.96. The van der Waals surface area contributed by atoms with Crippen LogP contribution in [0.2, 0.25) is 5.02 Å². The van der Waals surface area contributed by atoms with Crippen molar-refractivity contribution in [2.45, 2.75) is 0 Å². The van der Waals surface area contributed by atoms with Crippen molar-refractivity contribution in [1.29, 1.82) is 5.26 Å². The van der Waals surface area contributed by atoms with E-state index in [9.17, 15) is 0 Å². The fraction of sp³-hybridized carbons (Fsp3) is 0. The van der Waals surface area contributed by atoms with Gasteiger partial charge in [0, 0.05) is 10.6 Å². The first-order valence-electron chi connectivity index (χ1n) is 6.59. The second-order valence-electron chi connectivity index (χ2n) is 4.35. The predicted molar refractivity (Wildman–Crippen MR) is 92.6 cm³/mol. The van der Waals surface area contributed by atoms with E-state index >= 15 is 0 Å². The highest BCUT2D eigenvalue weighted by Gasteiger charge is 1.96. The van der Waals surface area contributed by atoms with E-state index in [1.54, 1.807) is 36.5 Å². The average molecular weight is 325 g/mol. The normalized spacial score (nSPS) is 11.7. The Kier molecular flexibility index (Phi) is 5.86. The Labute approximate surface area is 138 Å². The van der Waals surface area contributed by atoms with Gasteiger partial charge in [-0.3, -0.25) is 0 Å². The summed E-state index contributed by atoms with van der Waals surface area (Å²) in [7, 11) is 0. The molecule has 114 valence electrons. The highest BCUT2D eigenvalue weighted by Crippen LogP contribution is 2.07. The van der Waals surface area contributed by atoms with Gasteiger partial charge in [0.1, 0.15) is 0 Å². The maximum atomic E-state index is 8.96. The van der Waals surface area contributed by atoms with Crippen LogP contribution >= 0.6 is 11.6 Å². The summed E-state index contributed by atoms with van der Waals surface area (Å²) in [6.45, 7) is 0. The molecule has 23 heavy (non-hydrogen) atoms. The molecule has 0 aliphatic rings. The summed E-state index contributed by atoms with van der Waals surface area (Å²) in [5, 5.41) is 21.1. The van der Waals surface area contributed by atoms with Gasteiger partial charge >= 0.3 is 0 Å². The van der Waals surface area contributed by atoms with Crippen LogP contribution < -0.4 is 11.2 Å². The van der Waals surface area contributed by atoms with E-state index in [2.05, 4.69) is 26.8 Å². The van der Waals surface area contributed by atoms with E-state index in [-0.39, 0.29) is 5.96 Å². The van der Waals surface area contributed by atoms with E-state index in [1.165, 1.54) is 6.21 Å². The van der Waals surface area contributed by atoms with Crippen LogP contribution in [0.25, 0.3) is 0 Å². The summed E-state index contributed by atoms with van der Waals surface area (Å²) in [5.74, 6) is 0.0286. The molecule has 0 radical (unpaired) electrons. The van der Waals surface area contributed by atoms with Gasteiger partial charge in [-0.15, -0.1) is 5.10 Å². The van der Waals surface area contributed by atoms with E-state index in [1.807, 2.05) is 18.2 Å². The zero-order valence-corrected chi connectivity index (χ0v) is 12.8. The molecule has 7 heteroatoms. The molecule has 0 fully saturated rings. The number of hydrogen-bond acceptors (Lipinski definition) is 4. The molecule has 0 spiro atoms. The van der Waals surface area contributed by atoms with E-state index in [0.29, 0.717) is 16.1 Å². The van der Waals surface area contributed by atoms with Crippen LogP contribution in [-0.4, -0.2) is 18.4 Å². The minimum atomic E-state index is 0.0286. The molecule has 2 rings (SSSR count). The zero-order chi connectivity index (χ0) is 16.5. The Morgan fingerprint density at radius 1 is 1.13 bits per heavy atom. The van der Waals surface area contributed by atoms with Crippen LogP contribution in [0.3, 0.4) is 0 Å². The van der Waals surface area contributed by atoms with E-state index < -0.39 is 0 Å². The van der Waals surface area contributed by atoms with Crippen LogP contribution in [0.1, 0.15) is 16.7 Å². The Balaban J connectivity index is 1.94. The van der Waals surface area contributed by atoms with Gasteiger partial charge in [0.05, 0.1) is 24.1 Å². The maximum Gasteiger partial charge on any atom is 0.234 e. The third kappa shape index (κ3) is 5.26. The fourth-order valence-electron chi connectivity index (χ4n) is 1.61. The van der Waals surface area contributed by atoms with Gasteiger partial charge in [0.25, 0.3) is 0 Å². The molecule has 0 amide bonds. The first-order valence-corrected chi connectivity index (χ1v) is 6.97. The summed E-state index contributed by atoms with van der Waals surface area (Å²) in [6, 6.07) is 16.3. The molecule has 0 heterocycles. The lowest BCUT2D eigenvalue weighted by molar-refractivity contribution is 0.994. The molecule has 0 unspecified atom stereocenters. The van der Waals surface area contributed by atoms with Gasteiger partial charge in [-0.1, -0.05) is 41.9 Å². The first-order chi connectivity index (χ1) is 11.2. The van der Waals surface area contributed by atoms with Crippen LogP contribution in [0.4, 0.5) is 0 Å². The smallest absolute Gasteiger partial charge is 0.234 e. The molecule has 0 aromatic heterocycles. The molecular formula is C16H13ClN6. The van der Waals surface area contributed by atoms with Crippen LogP contribution in [0, 0.1) is 11.3 Å². The van der Waals surface area contributed by atoms with Gasteiger partial charge in [-0.25, -0.2) is 5.43 Å². The van der Waals surface area contributed by atoms with Crippen molar-refractivity contribution in [2.75, 3.05) is 0 Å². The fourth-order valence-corrected chi connectivity index (χ4v) is 1.73. The summed E-state index contributed by atoms with van der Waals surface area (Å²) in [6.07, 6.45) is 3.03. The Morgan fingerprint density at radius 2 is 1.87 bits per heavy atom. The molecule has 0 aliphatic carbocycles. The van der Waals surface area contributed by atoms with Crippen molar-refractivity contribution in [3.05, 3.63) is 70.2 Å². The van der Waals surface area contributed by atoms with Crippen LogP contribution in [0.15, 0.2) is 63.8 Å². The molecule has 2 aromatic rings. The lowest BCUT2D eigenvalue weighted by atomic mass is 10.1. The summed E-state index contributed by atoms with van der Waals surface area (Å²) in [5.41, 5.74) is 10.2. The van der Waals surface area contributed by atoms with E-state index in [4.69, 9.17) is 22.6 Å². The van der Waals surface area contributed by atoms with Crippen molar-refractivity contribution >= 4 is 30.0 Å². The lowest BCUT2D eigenvalue weighted by Crippen LogP contribution is -2.26. The summed E-state index contributed by atoms with van der Waals surface area (Å²) >= 11 is 5.79. The Hall–Kier alpha value is -3.17. The summed E-state index contributed by atoms with van der Waals surface area (Å²) < 4.78 is 0. The van der Waals surface area contributed by atoms with Gasteiger partial charge in [0.15, 0.2) is 0 Å². The first kappa shape index (κ1) is 16.2. The highest BCUT2D eigenvalue weighted by atomic mass is 35.5. The Bertz CT molecular complexity index is 787. The zero-order valence-electron chi connectivity index (χ0n) is 12.0. The van der Waals surface area contributed by atoms with Crippen molar-refractivity contribution in [3.63, 3.8) is 0 Å². The standard InChI is InChI=1S/C16H13ClN6/c17-15-7-5-12(6-8-15)10-20-22-16(19)23-21-11-14-4-2-1-3-13(14)9-18/h1-8,10-11H,(H3,19,22,23). The third-order valence-electron chi connectivity index (χ3n) is 2.71. The van der Waals surface area contributed by atoms with E-state index in [0.717, 1.165) is 5.56 Å². The number of rotatable bonds is 4. The second-order valence-corrected chi connectivity index (χ2v) is 4.79. The molecule has 6 nitrogen and oxygen atoms in total. The number of nitrogens with zero attached hydrogens (tertiary/aromatic N) is 4. The van der Waals surface area contributed by atoms with Crippen LogP contribution in [-0.2, 0) is 0 Å². The molecule has 0 atom stereocenters. The number of benzene rings is 2. The van der Waals surface area contributed by atoms with Crippen molar-refractivity contribution in [3.8, 4) is 6.07 Å². The largest absolute Gasteiger partial charge is 0.367 e. The van der Waals surface area contributed by atoms with Gasteiger partial charge in [0.2, 0.25) is 5.96 Å². The minimum Gasteiger partial charge on any atom is -0.367 e. The molecule has 0 aliphatic heterocycles. The molecule has 3 N–H and O–H groups in total. The van der Waals surface area contributed by atoms with Gasteiger partial charge in [-0.05, 0) is 23.8 Å². The van der Waals surface area contributed by atoms with Gasteiger partial charge < -0.3 is 5.73 Å². The number of halogens is 1. The average Bonchev–Trinajstić information content (AvgIpc) is 2.57. The second kappa shape index (κ2) is 8.32. The number of hydrazone groups is 1. The third-order valence-corrected chi connectivity index (χ3v) is 2.96. The number of nitrogens with one attached hydrogen (secondary N) is 1. The quantitative estimate of drug-likeness (QED) is 0.513. The SMILES string of the molecule is N#Cc1ccccc1C=NN=C(N)NN=Cc1ccc(Cl)cc1. The highest BCUT2D eigenvalue weighted by molar-refractivity contribution is 6.30. The van der Waals surface area contributed by atoms with Crippen LogP contribution in [0.5, 0.6) is 0 Å². The molecule has 2 aromatic carbocycles.